The minimum absolute atomic E-state index is 0.157. The third-order valence-electron chi connectivity index (χ3n) is 5.12. The molecule has 0 saturated carbocycles. The molecular weight excluding hydrogens is 425 g/mol. The summed E-state index contributed by atoms with van der Waals surface area (Å²) in [4.78, 5) is 8.44. The number of aliphatic hydroxyl groups is 2. The van der Waals surface area contributed by atoms with Crippen LogP contribution >= 0.6 is 7.60 Å². The first-order valence-corrected chi connectivity index (χ1v) is 11.9. The normalized spacial score (nSPS) is 24.0. The van der Waals surface area contributed by atoms with Crippen LogP contribution in [0.1, 0.15) is 44.3 Å². The maximum absolute atomic E-state index is 12.6. The van der Waals surface area contributed by atoms with Crippen LogP contribution in [-0.2, 0) is 18.3 Å². The fourth-order valence-corrected chi connectivity index (χ4v) is 5.50. The van der Waals surface area contributed by atoms with E-state index in [2.05, 4.69) is 9.97 Å². The van der Waals surface area contributed by atoms with Gasteiger partial charge in [0.2, 0.25) is 0 Å². The van der Waals surface area contributed by atoms with E-state index in [1.807, 2.05) is 6.07 Å². The molecule has 4 N–H and O–H groups in total. The quantitative estimate of drug-likeness (QED) is 0.477. The van der Waals surface area contributed by atoms with Crippen LogP contribution in [-0.4, -0.2) is 62.4 Å². The summed E-state index contributed by atoms with van der Waals surface area (Å²) in [6.07, 6.45) is -1.71. The molecule has 0 bridgehead atoms. The van der Waals surface area contributed by atoms with Gasteiger partial charge in [-0.3, -0.25) is 4.57 Å². The molecule has 1 aliphatic heterocycles. The Hall–Kier alpha value is -2.06. The summed E-state index contributed by atoms with van der Waals surface area (Å²) in [6, 6.07) is 2.05. The van der Waals surface area contributed by atoms with Gasteiger partial charge < -0.3 is 34.3 Å². The first-order chi connectivity index (χ1) is 14.7. The van der Waals surface area contributed by atoms with Crippen LogP contribution in [0.4, 0.5) is 5.82 Å². The van der Waals surface area contributed by atoms with Crippen LogP contribution < -0.4 is 5.73 Å². The van der Waals surface area contributed by atoms with Gasteiger partial charge in [-0.2, -0.15) is 5.26 Å². The van der Waals surface area contributed by atoms with Crippen molar-refractivity contribution in [3.63, 3.8) is 0 Å². The van der Waals surface area contributed by atoms with Gasteiger partial charge in [-0.05, 0) is 33.6 Å². The lowest BCUT2D eigenvalue weighted by Gasteiger charge is -2.19. The molecule has 31 heavy (non-hydrogen) atoms. The molecular formula is C19H28N5O6P. The van der Waals surface area contributed by atoms with Crippen LogP contribution in [0.5, 0.6) is 0 Å². The Labute approximate surface area is 180 Å². The summed E-state index contributed by atoms with van der Waals surface area (Å²) in [5.41, 5.74) is 6.56. The minimum Gasteiger partial charge on any atom is -0.388 e. The van der Waals surface area contributed by atoms with E-state index in [9.17, 15) is 20.0 Å². The van der Waals surface area contributed by atoms with Crippen LogP contribution in [0.25, 0.3) is 11.0 Å². The topological polar surface area (TPSA) is 166 Å². The highest BCUT2D eigenvalue weighted by Crippen LogP contribution is 2.49. The standard InChI is InChI=1S/C19H28N5O6P/c1-4-28-31(27,29-5-2)8-6-7-13-15(25)16(26)19(30-13)24-10-12(9-20)14-17(21)22-11(3)23-18(14)24/h10,13,15-16,19,25-26H,4-8H2,1-3H3,(H2,21,22,23)/t13-,15-,16-,19-/m1/s1. The highest BCUT2D eigenvalue weighted by molar-refractivity contribution is 7.53. The molecule has 0 aromatic carbocycles. The molecule has 3 heterocycles. The maximum Gasteiger partial charge on any atom is 0.330 e. The van der Waals surface area contributed by atoms with Crippen molar-refractivity contribution in [2.45, 2.75) is 58.2 Å². The van der Waals surface area contributed by atoms with Crippen molar-refractivity contribution in [1.29, 1.82) is 5.26 Å². The van der Waals surface area contributed by atoms with Crippen molar-refractivity contribution < 1.29 is 28.6 Å². The fourth-order valence-electron chi connectivity index (χ4n) is 3.81. The molecule has 1 fully saturated rings. The van der Waals surface area contributed by atoms with Gasteiger partial charge in [-0.25, -0.2) is 9.97 Å². The van der Waals surface area contributed by atoms with E-state index in [1.54, 1.807) is 20.8 Å². The summed E-state index contributed by atoms with van der Waals surface area (Å²) in [7, 11) is -3.20. The van der Waals surface area contributed by atoms with Gasteiger partial charge in [-0.15, -0.1) is 0 Å². The molecule has 3 rings (SSSR count). The zero-order valence-electron chi connectivity index (χ0n) is 17.8. The number of anilines is 1. The highest BCUT2D eigenvalue weighted by Gasteiger charge is 2.44. The molecule has 2 aromatic rings. The van der Waals surface area contributed by atoms with Crippen molar-refractivity contribution >= 4 is 24.4 Å². The van der Waals surface area contributed by atoms with Gasteiger partial charge in [0.1, 0.15) is 35.6 Å². The number of hydrogen-bond acceptors (Lipinski definition) is 10. The lowest BCUT2D eigenvalue weighted by molar-refractivity contribution is -0.0367. The number of nitrogen functional groups attached to an aromatic ring is 1. The SMILES string of the molecule is CCOP(=O)(CCC[C@H]1O[C@@H](n2cc(C#N)c3c(N)nc(C)nc32)[C@H](O)[C@@H]1O)OCC. The highest BCUT2D eigenvalue weighted by atomic mass is 31.2. The third kappa shape index (κ3) is 4.75. The van der Waals surface area contributed by atoms with Gasteiger partial charge in [-0.1, -0.05) is 0 Å². The number of aliphatic hydroxyl groups excluding tert-OH is 2. The summed E-state index contributed by atoms with van der Waals surface area (Å²) in [5.74, 6) is 0.561. The number of nitrogens with zero attached hydrogens (tertiary/aromatic N) is 4. The van der Waals surface area contributed by atoms with Crippen molar-refractivity contribution in [3.8, 4) is 6.07 Å². The Kier molecular flexibility index (Phi) is 7.31. The average molecular weight is 453 g/mol. The molecule has 2 aromatic heterocycles. The predicted octanol–water partition coefficient (Wildman–Crippen LogP) is 1.86. The van der Waals surface area contributed by atoms with Gasteiger partial charge in [0.25, 0.3) is 0 Å². The predicted molar refractivity (Wildman–Crippen MR) is 112 cm³/mol. The molecule has 0 spiro atoms. The van der Waals surface area contributed by atoms with E-state index in [-0.39, 0.29) is 30.8 Å². The van der Waals surface area contributed by atoms with Crippen LogP contribution in [0, 0.1) is 18.3 Å². The van der Waals surface area contributed by atoms with E-state index in [0.717, 1.165) is 0 Å². The first kappa shape index (κ1) is 23.6. The number of fused-ring (bicyclic) bond motifs is 1. The summed E-state index contributed by atoms with van der Waals surface area (Å²) in [6.45, 7) is 5.69. The number of aryl methyl sites for hydroxylation is 1. The Morgan fingerprint density at radius 1 is 1.29 bits per heavy atom. The van der Waals surface area contributed by atoms with Crippen LogP contribution in [0.2, 0.25) is 0 Å². The lowest BCUT2D eigenvalue weighted by atomic mass is 10.1. The van der Waals surface area contributed by atoms with E-state index < -0.39 is 32.1 Å². The zero-order valence-corrected chi connectivity index (χ0v) is 18.7. The molecule has 1 saturated heterocycles. The van der Waals surface area contributed by atoms with Gasteiger partial charge in [0.05, 0.1) is 36.4 Å². The number of nitriles is 1. The first-order valence-electron chi connectivity index (χ1n) is 10.2. The summed E-state index contributed by atoms with van der Waals surface area (Å²) >= 11 is 0. The van der Waals surface area contributed by atoms with Crippen molar-refractivity contribution in [3.05, 3.63) is 17.6 Å². The Morgan fingerprint density at radius 2 is 1.97 bits per heavy atom. The molecule has 0 unspecified atom stereocenters. The molecule has 11 nitrogen and oxygen atoms in total. The van der Waals surface area contributed by atoms with Crippen molar-refractivity contribution in [2.75, 3.05) is 25.1 Å². The second-order valence-electron chi connectivity index (χ2n) is 7.28. The smallest absolute Gasteiger partial charge is 0.330 e. The summed E-state index contributed by atoms with van der Waals surface area (Å²) < 4.78 is 30.6. The van der Waals surface area contributed by atoms with E-state index in [1.165, 1.54) is 10.8 Å². The van der Waals surface area contributed by atoms with E-state index in [4.69, 9.17) is 19.5 Å². The number of ether oxygens (including phenoxy) is 1. The summed E-state index contributed by atoms with van der Waals surface area (Å²) in [5, 5.41) is 31.0. The van der Waals surface area contributed by atoms with Crippen molar-refractivity contribution in [1.82, 2.24) is 14.5 Å². The van der Waals surface area contributed by atoms with Crippen LogP contribution in [0.15, 0.2) is 6.20 Å². The van der Waals surface area contributed by atoms with Gasteiger partial charge in [0, 0.05) is 6.20 Å². The number of aromatic nitrogens is 3. The number of hydrogen-bond donors (Lipinski definition) is 3. The fraction of sp³-hybridized carbons (Fsp3) is 0.632. The largest absolute Gasteiger partial charge is 0.388 e. The van der Waals surface area contributed by atoms with Crippen LogP contribution in [0.3, 0.4) is 0 Å². The average Bonchev–Trinajstić information content (AvgIpc) is 3.20. The zero-order chi connectivity index (χ0) is 22.8. The second kappa shape index (κ2) is 9.61. The number of nitrogens with two attached hydrogens (primary N) is 1. The maximum atomic E-state index is 12.6. The Morgan fingerprint density at radius 3 is 2.58 bits per heavy atom. The van der Waals surface area contributed by atoms with E-state index >= 15 is 0 Å². The molecule has 12 heteroatoms. The van der Waals surface area contributed by atoms with Gasteiger partial charge >= 0.3 is 7.60 Å². The number of rotatable bonds is 9. The molecule has 4 atom stereocenters. The third-order valence-corrected chi connectivity index (χ3v) is 7.28. The molecule has 0 radical (unpaired) electrons. The minimum atomic E-state index is -3.20. The Bertz CT molecular complexity index is 1010. The molecule has 1 aliphatic rings. The molecule has 0 aliphatic carbocycles. The second-order valence-corrected chi connectivity index (χ2v) is 9.46. The molecule has 0 amide bonds. The van der Waals surface area contributed by atoms with Gasteiger partial charge in [0.15, 0.2) is 6.23 Å². The van der Waals surface area contributed by atoms with Crippen molar-refractivity contribution in [2.24, 2.45) is 0 Å². The monoisotopic (exact) mass is 453 g/mol. The Balaban J connectivity index is 1.79. The van der Waals surface area contributed by atoms with E-state index in [0.29, 0.717) is 29.7 Å². The lowest BCUT2D eigenvalue weighted by Crippen LogP contribution is -2.31. The molecule has 170 valence electrons.